The molecule has 1 unspecified atom stereocenters. The van der Waals surface area contributed by atoms with Gasteiger partial charge in [0.15, 0.2) is 0 Å². The molecule has 1 aromatic carbocycles. The van der Waals surface area contributed by atoms with Crippen molar-refractivity contribution in [3.8, 4) is 0 Å². The Bertz CT molecular complexity index is 895. The van der Waals surface area contributed by atoms with Crippen LogP contribution in [0.4, 0.5) is 0 Å². The van der Waals surface area contributed by atoms with Gasteiger partial charge in [-0.2, -0.15) is 0 Å². The maximum Gasteiger partial charge on any atom is 0.130 e. The van der Waals surface area contributed by atoms with Crippen molar-refractivity contribution in [3.05, 3.63) is 77.7 Å². The van der Waals surface area contributed by atoms with E-state index in [9.17, 15) is 0 Å². The second-order valence-electron chi connectivity index (χ2n) is 7.14. The zero-order valence-corrected chi connectivity index (χ0v) is 15.8. The fraction of sp³-hybridized carbons (Fsp3) is 0.304. The van der Waals surface area contributed by atoms with Crippen LogP contribution in [0.3, 0.4) is 0 Å². The Kier molecular flexibility index (Phi) is 6.42. The Morgan fingerprint density at radius 3 is 2.93 bits per heavy atom. The molecule has 3 N–H and O–H groups in total. The van der Waals surface area contributed by atoms with E-state index in [1.54, 1.807) is 0 Å². The van der Waals surface area contributed by atoms with Gasteiger partial charge in [-0.25, -0.2) is 4.98 Å². The highest BCUT2D eigenvalue weighted by atomic mass is 16.5. The smallest absolute Gasteiger partial charge is 0.130 e. The molecule has 140 valence electrons. The van der Waals surface area contributed by atoms with Gasteiger partial charge in [-0.15, -0.1) is 0 Å². The summed E-state index contributed by atoms with van der Waals surface area (Å²) in [6.45, 7) is 2.68. The van der Waals surface area contributed by atoms with Crippen molar-refractivity contribution in [1.29, 1.82) is 5.41 Å². The summed E-state index contributed by atoms with van der Waals surface area (Å²) >= 11 is 0. The largest absolute Gasteiger partial charge is 0.491 e. The first-order chi connectivity index (χ1) is 13.1. The van der Waals surface area contributed by atoms with E-state index in [0.717, 1.165) is 41.6 Å². The Hall–Kier alpha value is -2.88. The first-order valence-electron chi connectivity index (χ1n) is 9.47. The molecule has 0 saturated carbocycles. The molecule has 1 aliphatic carbocycles. The number of aromatic nitrogens is 1. The van der Waals surface area contributed by atoms with Crippen LogP contribution in [0.5, 0.6) is 0 Å². The zero-order chi connectivity index (χ0) is 19.1. The molecule has 4 nitrogen and oxygen atoms in total. The molecule has 2 aromatic rings. The van der Waals surface area contributed by atoms with Crippen LogP contribution < -0.4 is 5.73 Å². The molecule has 1 atom stereocenters. The summed E-state index contributed by atoms with van der Waals surface area (Å²) in [6, 6.07) is 12.2. The number of hydrogen-bond donors (Lipinski definition) is 2. The first kappa shape index (κ1) is 18.9. The van der Waals surface area contributed by atoms with Crippen LogP contribution in [-0.4, -0.2) is 10.8 Å². The fourth-order valence-electron chi connectivity index (χ4n) is 3.15. The number of nitrogens with zero attached hydrogens (tertiary/aromatic N) is 1. The fourth-order valence-corrected chi connectivity index (χ4v) is 3.15. The summed E-state index contributed by atoms with van der Waals surface area (Å²) in [5.41, 5.74) is 8.67. The minimum Gasteiger partial charge on any atom is -0.491 e. The minimum atomic E-state index is 0.269. The number of ether oxygens (including phenoxy) is 1. The van der Waals surface area contributed by atoms with Gasteiger partial charge in [0.05, 0.1) is 17.0 Å². The molecule has 1 heterocycles. The van der Waals surface area contributed by atoms with Gasteiger partial charge in [0.25, 0.3) is 0 Å². The normalized spacial score (nSPS) is 15.0. The maximum atomic E-state index is 7.35. The van der Waals surface area contributed by atoms with E-state index >= 15 is 0 Å². The first-order valence-corrected chi connectivity index (χ1v) is 9.47. The van der Waals surface area contributed by atoms with E-state index in [1.807, 2.05) is 24.3 Å². The molecule has 4 heteroatoms. The van der Waals surface area contributed by atoms with Gasteiger partial charge in [0, 0.05) is 18.2 Å². The Morgan fingerprint density at radius 2 is 2.07 bits per heavy atom. The molecular formula is C23H27N3O. The number of pyridine rings is 1. The summed E-state index contributed by atoms with van der Waals surface area (Å²) in [5.74, 6) is 1.72. The van der Waals surface area contributed by atoms with E-state index in [-0.39, 0.29) is 5.84 Å². The molecule has 3 rings (SSSR count). The molecule has 0 radical (unpaired) electrons. The highest BCUT2D eigenvalue weighted by Crippen LogP contribution is 2.22. The SMILES string of the molecule is CC(CCC(=N)N)CC1=CC=C(OCc2ccc3ccccc3n2)CC=C1. The number of fused-ring (bicyclic) bond motifs is 1. The van der Waals surface area contributed by atoms with Crippen LogP contribution in [0.25, 0.3) is 10.9 Å². The van der Waals surface area contributed by atoms with Crippen molar-refractivity contribution in [2.75, 3.05) is 0 Å². The van der Waals surface area contributed by atoms with Crippen molar-refractivity contribution < 1.29 is 4.74 Å². The van der Waals surface area contributed by atoms with Crippen molar-refractivity contribution >= 4 is 16.7 Å². The molecule has 0 amide bonds. The maximum absolute atomic E-state index is 7.35. The predicted molar refractivity (Wildman–Crippen MR) is 111 cm³/mol. The summed E-state index contributed by atoms with van der Waals surface area (Å²) in [7, 11) is 0. The molecular weight excluding hydrogens is 334 g/mol. The van der Waals surface area contributed by atoms with Gasteiger partial charge in [-0.3, -0.25) is 5.41 Å². The van der Waals surface area contributed by atoms with Crippen LogP contribution in [0.2, 0.25) is 0 Å². The van der Waals surface area contributed by atoms with E-state index in [0.29, 0.717) is 18.9 Å². The third kappa shape index (κ3) is 5.81. The third-order valence-electron chi connectivity index (χ3n) is 4.69. The summed E-state index contributed by atoms with van der Waals surface area (Å²) in [6.07, 6.45) is 11.9. The van der Waals surface area contributed by atoms with Crippen LogP contribution in [0.1, 0.15) is 38.3 Å². The second kappa shape index (κ2) is 9.17. The number of hydrogen-bond acceptors (Lipinski definition) is 3. The van der Waals surface area contributed by atoms with Crippen LogP contribution >= 0.6 is 0 Å². The lowest BCUT2D eigenvalue weighted by atomic mass is 9.96. The predicted octanol–water partition coefficient (Wildman–Crippen LogP) is 5.26. The van der Waals surface area contributed by atoms with E-state index in [4.69, 9.17) is 15.9 Å². The molecule has 0 aliphatic heterocycles. The molecule has 1 aromatic heterocycles. The van der Waals surface area contributed by atoms with Crippen molar-refractivity contribution in [2.24, 2.45) is 11.7 Å². The molecule has 0 fully saturated rings. The van der Waals surface area contributed by atoms with Gasteiger partial charge >= 0.3 is 0 Å². The lowest BCUT2D eigenvalue weighted by molar-refractivity contribution is 0.191. The molecule has 0 spiro atoms. The van der Waals surface area contributed by atoms with Gasteiger partial charge in [0.2, 0.25) is 0 Å². The minimum absolute atomic E-state index is 0.269. The van der Waals surface area contributed by atoms with Crippen molar-refractivity contribution in [1.82, 2.24) is 4.98 Å². The quantitative estimate of drug-likeness (QED) is 0.497. The Balaban J connectivity index is 1.57. The third-order valence-corrected chi connectivity index (χ3v) is 4.69. The number of rotatable bonds is 8. The second-order valence-corrected chi connectivity index (χ2v) is 7.14. The van der Waals surface area contributed by atoms with Crippen molar-refractivity contribution in [3.63, 3.8) is 0 Å². The zero-order valence-electron chi connectivity index (χ0n) is 15.8. The molecule has 0 bridgehead atoms. The lowest BCUT2D eigenvalue weighted by Gasteiger charge is -2.10. The van der Waals surface area contributed by atoms with Gasteiger partial charge < -0.3 is 10.5 Å². The van der Waals surface area contributed by atoms with Gasteiger partial charge in [-0.1, -0.05) is 49.4 Å². The highest BCUT2D eigenvalue weighted by Gasteiger charge is 2.08. The van der Waals surface area contributed by atoms with E-state index in [2.05, 4.69) is 48.3 Å². The van der Waals surface area contributed by atoms with Crippen molar-refractivity contribution in [2.45, 2.75) is 39.2 Å². The number of amidine groups is 1. The number of nitrogens with one attached hydrogen (secondary N) is 1. The average Bonchev–Trinajstić information content (AvgIpc) is 2.89. The molecule has 1 aliphatic rings. The Labute approximate surface area is 161 Å². The standard InChI is InChI=1S/C23H27N3O/c1-17(9-14-23(24)25)15-18-5-4-7-21(13-10-18)27-16-20-12-11-19-6-2-3-8-22(19)26-20/h2-6,8,10-13,17H,7,9,14-16H2,1H3,(H3,24,25). The average molecular weight is 361 g/mol. The summed E-state index contributed by atoms with van der Waals surface area (Å²) in [4.78, 5) is 4.66. The summed E-state index contributed by atoms with van der Waals surface area (Å²) in [5, 5.41) is 8.49. The van der Waals surface area contributed by atoms with Gasteiger partial charge in [-0.05, 0) is 42.5 Å². The number of nitrogens with two attached hydrogens (primary N) is 1. The number of para-hydroxylation sites is 1. The lowest BCUT2D eigenvalue weighted by Crippen LogP contribution is -2.11. The van der Waals surface area contributed by atoms with E-state index in [1.165, 1.54) is 5.57 Å². The van der Waals surface area contributed by atoms with Crippen LogP contribution in [-0.2, 0) is 11.3 Å². The van der Waals surface area contributed by atoms with Gasteiger partial charge in [0.1, 0.15) is 12.4 Å². The number of allylic oxidation sites excluding steroid dienone is 5. The highest BCUT2D eigenvalue weighted by molar-refractivity contribution is 5.78. The van der Waals surface area contributed by atoms with Crippen LogP contribution in [0.15, 0.2) is 72.0 Å². The van der Waals surface area contributed by atoms with Crippen LogP contribution in [0, 0.1) is 11.3 Å². The monoisotopic (exact) mass is 361 g/mol. The van der Waals surface area contributed by atoms with E-state index < -0.39 is 0 Å². The Morgan fingerprint density at radius 1 is 1.22 bits per heavy atom. The molecule has 0 saturated heterocycles. The topological polar surface area (TPSA) is 72.0 Å². The number of benzene rings is 1. The summed E-state index contributed by atoms with van der Waals surface area (Å²) < 4.78 is 5.99. The molecule has 27 heavy (non-hydrogen) atoms.